The second-order valence-corrected chi connectivity index (χ2v) is 5.73. The first-order valence-corrected chi connectivity index (χ1v) is 7.33. The van der Waals surface area contributed by atoms with E-state index >= 15 is 0 Å². The van der Waals surface area contributed by atoms with E-state index in [1.807, 2.05) is 18.2 Å². The molecule has 0 atom stereocenters. The third-order valence-corrected chi connectivity index (χ3v) is 3.97. The number of amides is 1. The third kappa shape index (κ3) is 3.07. The minimum absolute atomic E-state index is 0.0434. The summed E-state index contributed by atoms with van der Waals surface area (Å²) in [5, 5.41) is 6.45. The highest BCUT2D eigenvalue weighted by Gasteiger charge is 2.21. The number of rotatable bonds is 3. The lowest BCUT2D eigenvalue weighted by Crippen LogP contribution is -2.20. The number of nitrogens with one attached hydrogen (secondary N) is 2. The Labute approximate surface area is 125 Å². The van der Waals surface area contributed by atoms with Crippen LogP contribution >= 0.6 is 0 Å². The van der Waals surface area contributed by atoms with Crippen LogP contribution in [0.2, 0.25) is 0 Å². The van der Waals surface area contributed by atoms with Gasteiger partial charge in [0.05, 0.1) is 0 Å². The molecule has 0 bridgehead atoms. The maximum atomic E-state index is 11.2. The highest BCUT2D eigenvalue weighted by Crippen LogP contribution is 2.27. The summed E-state index contributed by atoms with van der Waals surface area (Å²) in [6, 6.07) is 15.0. The first kappa shape index (κ1) is 13.7. The van der Waals surface area contributed by atoms with Crippen LogP contribution in [0.1, 0.15) is 23.6 Å². The summed E-state index contributed by atoms with van der Waals surface area (Å²) < 4.78 is 0. The van der Waals surface area contributed by atoms with Crippen LogP contribution in [0.5, 0.6) is 0 Å². The summed E-state index contributed by atoms with van der Waals surface area (Å²) in [5.74, 6) is -0.0434. The number of fused-ring (bicyclic) bond motifs is 1. The number of aryl methyl sites for hydroxylation is 1. The first-order chi connectivity index (χ1) is 10.1. The van der Waals surface area contributed by atoms with Crippen LogP contribution in [-0.2, 0) is 17.6 Å². The van der Waals surface area contributed by atoms with Gasteiger partial charge in [0.15, 0.2) is 0 Å². The Balaban J connectivity index is 1.75. The molecule has 0 fully saturated rings. The molecule has 0 unspecified atom stereocenters. The molecule has 1 aliphatic carbocycles. The molecular weight excluding hydrogens is 260 g/mol. The molecule has 2 aromatic carbocycles. The number of anilines is 2. The molecule has 3 heteroatoms. The Morgan fingerprint density at radius 2 is 1.76 bits per heavy atom. The second kappa shape index (κ2) is 5.60. The molecule has 2 aromatic rings. The Morgan fingerprint density at radius 3 is 2.38 bits per heavy atom. The zero-order chi connectivity index (χ0) is 14.8. The van der Waals surface area contributed by atoms with Crippen molar-refractivity contribution in [2.24, 2.45) is 0 Å². The number of carbonyl (C=O) groups is 1. The van der Waals surface area contributed by atoms with E-state index in [0.29, 0.717) is 6.04 Å². The van der Waals surface area contributed by atoms with Crippen LogP contribution < -0.4 is 10.6 Å². The molecule has 0 spiro atoms. The Kier molecular flexibility index (Phi) is 3.65. The first-order valence-electron chi connectivity index (χ1n) is 7.33. The average molecular weight is 280 g/mol. The van der Waals surface area contributed by atoms with Crippen LogP contribution in [0.15, 0.2) is 42.5 Å². The highest BCUT2D eigenvalue weighted by molar-refractivity contribution is 5.89. The monoisotopic (exact) mass is 280 g/mol. The van der Waals surface area contributed by atoms with E-state index in [4.69, 9.17) is 0 Å². The topological polar surface area (TPSA) is 41.1 Å². The van der Waals surface area contributed by atoms with Gasteiger partial charge in [-0.1, -0.05) is 30.3 Å². The summed E-state index contributed by atoms with van der Waals surface area (Å²) >= 11 is 0. The number of hydrogen-bond acceptors (Lipinski definition) is 2. The van der Waals surface area contributed by atoms with Gasteiger partial charge >= 0.3 is 0 Å². The Hall–Kier alpha value is -2.29. The fourth-order valence-electron chi connectivity index (χ4n) is 2.94. The van der Waals surface area contributed by atoms with Crippen molar-refractivity contribution in [2.45, 2.75) is 32.7 Å². The van der Waals surface area contributed by atoms with Gasteiger partial charge in [0.25, 0.3) is 0 Å². The molecule has 0 saturated heterocycles. The standard InChI is InChI=1S/C18H20N2O/c1-12-7-8-16(19-13(2)21)11-18(12)20-17-9-14-5-3-4-6-15(14)10-17/h3-8,11,17,20H,9-10H2,1-2H3,(H,19,21). The van der Waals surface area contributed by atoms with Gasteiger partial charge < -0.3 is 10.6 Å². The van der Waals surface area contributed by atoms with E-state index in [1.54, 1.807) is 0 Å². The molecule has 21 heavy (non-hydrogen) atoms. The summed E-state index contributed by atoms with van der Waals surface area (Å²) in [7, 11) is 0. The molecule has 0 aromatic heterocycles. The molecule has 0 radical (unpaired) electrons. The molecule has 0 heterocycles. The number of hydrogen-bond donors (Lipinski definition) is 2. The number of carbonyl (C=O) groups excluding carboxylic acids is 1. The van der Waals surface area contributed by atoms with E-state index < -0.39 is 0 Å². The van der Waals surface area contributed by atoms with Crippen LogP contribution in [0, 0.1) is 6.92 Å². The SMILES string of the molecule is CC(=O)Nc1ccc(C)c(NC2Cc3ccccc3C2)c1. The molecule has 2 N–H and O–H groups in total. The van der Waals surface area contributed by atoms with Gasteiger partial charge in [-0.05, 0) is 48.6 Å². The van der Waals surface area contributed by atoms with E-state index in [2.05, 4.69) is 41.8 Å². The molecule has 0 saturated carbocycles. The van der Waals surface area contributed by atoms with Crippen LogP contribution in [0.4, 0.5) is 11.4 Å². The normalized spacial score (nSPS) is 13.8. The van der Waals surface area contributed by atoms with Gasteiger partial charge in [-0.2, -0.15) is 0 Å². The fraction of sp³-hybridized carbons (Fsp3) is 0.278. The van der Waals surface area contributed by atoms with E-state index in [0.717, 1.165) is 24.2 Å². The van der Waals surface area contributed by atoms with Crippen molar-refractivity contribution < 1.29 is 4.79 Å². The van der Waals surface area contributed by atoms with Crippen molar-refractivity contribution in [1.82, 2.24) is 0 Å². The Morgan fingerprint density at radius 1 is 1.10 bits per heavy atom. The van der Waals surface area contributed by atoms with Crippen LogP contribution in [-0.4, -0.2) is 11.9 Å². The van der Waals surface area contributed by atoms with Crippen LogP contribution in [0.3, 0.4) is 0 Å². The van der Waals surface area contributed by atoms with Gasteiger partial charge in [-0.25, -0.2) is 0 Å². The largest absolute Gasteiger partial charge is 0.381 e. The van der Waals surface area contributed by atoms with E-state index in [1.165, 1.54) is 23.6 Å². The quantitative estimate of drug-likeness (QED) is 0.903. The van der Waals surface area contributed by atoms with E-state index in [-0.39, 0.29) is 5.91 Å². The highest BCUT2D eigenvalue weighted by atomic mass is 16.1. The Bertz CT molecular complexity index is 654. The second-order valence-electron chi connectivity index (χ2n) is 5.73. The maximum absolute atomic E-state index is 11.2. The minimum Gasteiger partial charge on any atom is -0.381 e. The number of benzene rings is 2. The van der Waals surface area contributed by atoms with Crippen molar-refractivity contribution in [1.29, 1.82) is 0 Å². The zero-order valence-corrected chi connectivity index (χ0v) is 12.4. The lowest BCUT2D eigenvalue weighted by Gasteiger charge is -2.17. The van der Waals surface area contributed by atoms with Gasteiger partial charge in [0.1, 0.15) is 0 Å². The molecular formula is C18H20N2O. The van der Waals surface area contributed by atoms with Gasteiger partial charge in [-0.15, -0.1) is 0 Å². The van der Waals surface area contributed by atoms with Crippen molar-refractivity contribution >= 4 is 17.3 Å². The molecule has 0 aliphatic heterocycles. The molecule has 3 rings (SSSR count). The molecule has 108 valence electrons. The van der Waals surface area contributed by atoms with Crippen molar-refractivity contribution in [3.8, 4) is 0 Å². The molecule has 3 nitrogen and oxygen atoms in total. The van der Waals surface area contributed by atoms with Crippen LogP contribution in [0.25, 0.3) is 0 Å². The maximum Gasteiger partial charge on any atom is 0.221 e. The predicted molar refractivity (Wildman–Crippen MR) is 86.7 cm³/mol. The van der Waals surface area contributed by atoms with Crippen molar-refractivity contribution in [3.63, 3.8) is 0 Å². The fourth-order valence-corrected chi connectivity index (χ4v) is 2.94. The van der Waals surface area contributed by atoms with Crippen molar-refractivity contribution in [3.05, 3.63) is 59.2 Å². The summed E-state index contributed by atoms with van der Waals surface area (Å²) in [6.45, 7) is 3.61. The zero-order valence-electron chi connectivity index (χ0n) is 12.4. The average Bonchev–Trinajstić information content (AvgIpc) is 2.84. The third-order valence-electron chi connectivity index (χ3n) is 3.97. The lowest BCUT2D eigenvalue weighted by molar-refractivity contribution is -0.114. The molecule has 1 aliphatic rings. The summed E-state index contributed by atoms with van der Waals surface area (Å²) in [4.78, 5) is 11.2. The van der Waals surface area contributed by atoms with Gasteiger partial charge in [0.2, 0.25) is 5.91 Å². The summed E-state index contributed by atoms with van der Waals surface area (Å²) in [5.41, 5.74) is 6.00. The minimum atomic E-state index is -0.0434. The van der Waals surface area contributed by atoms with Gasteiger partial charge in [-0.3, -0.25) is 4.79 Å². The van der Waals surface area contributed by atoms with Crippen molar-refractivity contribution in [2.75, 3.05) is 10.6 Å². The molecule has 1 amide bonds. The predicted octanol–water partition coefficient (Wildman–Crippen LogP) is 3.53. The van der Waals surface area contributed by atoms with E-state index in [9.17, 15) is 4.79 Å². The van der Waals surface area contributed by atoms with Gasteiger partial charge in [0, 0.05) is 24.3 Å². The summed E-state index contributed by atoms with van der Waals surface area (Å²) in [6.07, 6.45) is 2.11. The lowest BCUT2D eigenvalue weighted by atomic mass is 10.1. The smallest absolute Gasteiger partial charge is 0.221 e.